The molecule has 8 nitrogen and oxygen atoms in total. The number of nitrogens with zero attached hydrogens (tertiary/aromatic N) is 3. The first-order valence-electron chi connectivity index (χ1n) is 9.54. The summed E-state index contributed by atoms with van der Waals surface area (Å²) in [5.74, 6) is -1.31. The number of para-hydroxylation sites is 1. The van der Waals surface area contributed by atoms with Crippen molar-refractivity contribution >= 4 is 11.8 Å². The maximum atomic E-state index is 12.9. The Morgan fingerprint density at radius 3 is 2.58 bits per heavy atom. The minimum Gasteiger partial charge on any atom is -0.405 e. The number of halogens is 3. The van der Waals surface area contributed by atoms with Gasteiger partial charge in [0.05, 0.1) is 0 Å². The van der Waals surface area contributed by atoms with Gasteiger partial charge in [-0.15, -0.1) is 13.2 Å². The number of piperidine rings is 1. The van der Waals surface area contributed by atoms with E-state index in [1.807, 2.05) is 0 Å². The first-order valence-corrected chi connectivity index (χ1v) is 9.54. The molecule has 0 aliphatic carbocycles. The Labute approximate surface area is 176 Å². The Hall–Kier alpha value is -3.37. The lowest BCUT2D eigenvalue weighted by Crippen LogP contribution is -2.43. The van der Waals surface area contributed by atoms with Gasteiger partial charge in [-0.05, 0) is 25.0 Å². The molecule has 11 heteroatoms. The normalized spacial score (nSPS) is 15.9. The molecule has 2 aromatic rings. The summed E-state index contributed by atoms with van der Waals surface area (Å²) in [4.78, 5) is 30.3. The van der Waals surface area contributed by atoms with Crippen LogP contribution in [0.2, 0.25) is 0 Å². The molecule has 0 saturated carbocycles. The molecule has 0 radical (unpaired) electrons. The Morgan fingerprint density at radius 1 is 1.32 bits per heavy atom. The lowest BCUT2D eigenvalue weighted by atomic mass is 9.94. The van der Waals surface area contributed by atoms with E-state index in [2.05, 4.69) is 26.8 Å². The Kier molecular flexibility index (Phi) is 6.62. The van der Waals surface area contributed by atoms with Crippen molar-refractivity contribution in [2.45, 2.75) is 32.2 Å². The van der Waals surface area contributed by atoms with Crippen LogP contribution in [0.15, 0.2) is 41.4 Å². The van der Waals surface area contributed by atoms with Gasteiger partial charge >= 0.3 is 6.36 Å². The first kappa shape index (κ1) is 22.3. The van der Waals surface area contributed by atoms with E-state index in [0.717, 1.165) is 6.07 Å². The van der Waals surface area contributed by atoms with Crippen LogP contribution in [0.5, 0.6) is 5.75 Å². The van der Waals surface area contributed by atoms with Gasteiger partial charge in [0.1, 0.15) is 11.8 Å². The van der Waals surface area contributed by atoms with Gasteiger partial charge in [0, 0.05) is 31.5 Å². The van der Waals surface area contributed by atoms with Crippen LogP contribution in [0.4, 0.5) is 13.2 Å². The minimum absolute atomic E-state index is 0.00310. The maximum absolute atomic E-state index is 12.9. The second-order valence-corrected chi connectivity index (χ2v) is 7.00. The molecule has 1 aliphatic heterocycles. The second kappa shape index (κ2) is 9.19. The van der Waals surface area contributed by atoms with Crippen LogP contribution in [0.1, 0.15) is 36.2 Å². The molecular formula is C20H21F3N4O4. The zero-order valence-corrected chi connectivity index (χ0v) is 16.7. The number of aryl methyl sites for hydroxylation is 1. The fourth-order valence-corrected chi connectivity index (χ4v) is 3.40. The molecule has 3 rings (SSSR count). The number of amides is 2. The third-order valence-corrected chi connectivity index (χ3v) is 4.90. The molecule has 1 aromatic carbocycles. The van der Waals surface area contributed by atoms with E-state index in [0.29, 0.717) is 25.9 Å². The molecule has 1 fully saturated rings. The summed E-state index contributed by atoms with van der Waals surface area (Å²) in [6.07, 6.45) is -2.89. The van der Waals surface area contributed by atoms with E-state index < -0.39 is 24.1 Å². The average molecular weight is 438 g/mol. The molecule has 1 aromatic heterocycles. The van der Waals surface area contributed by atoms with Gasteiger partial charge < -0.3 is 19.5 Å². The number of benzene rings is 1. The number of aromatic nitrogens is 2. The second-order valence-electron chi connectivity index (χ2n) is 7.00. The first-order chi connectivity index (χ1) is 14.7. The Morgan fingerprint density at radius 2 is 2.00 bits per heavy atom. The number of carbonyl (C=O) groups is 2. The van der Waals surface area contributed by atoms with Crippen molar-refractivity contribution in [1.82, 2.24) is 20.4 Å². The number of carbonyl (C=O) groups excluding carboxylic acids is 2. The standard InChI is InChI=1S/C20H21F3N4O4/c1-3-16(28)27-10-8-13(9-11-27)19(29)25-17(18-24-12(2)31-26-18)14-6-4-5-7-15(14)30-20(21,22)23/h3-7,13,17H,1,8-11H2,2H3,(H,25,29). The van der Waals surface area contributed by atoms with Gasteiger partial charge in [-0.2, -0.15) is 4.98 Å². The molecule has 166 valence electrons. The van der Waals surface area contributed by atoms with Crippen molar-refractivity contribution in [2.24, 2.45) is 5.92 Å². The fraction of sp³-hybridized carbons (Fsp3) is 0.400. The number of likely N-dealkylation sites (tertiary alicyclic amines) is 1. The van der Waals surface area contributed by atoms with E-state index in [9.17, 15) is 22.8 Å². The van der Waals surface area contributed by atoms with Crippen molar-refractivity contribution < 1.29 is 32.0 Å². The summed E-state index contributed by atoms with van der Waals surface area (Å²) in [5, 5.41) is 6.49. The third kappa shape index (κ3) is 5.62. The molecule has 31 heavy (non-hydrogen) atoms. The van der Waals surface area contributed by atoms with Crippen LogP contribution in [0.25, 0.3) is 0 Å². The molecular weight excluding hydrogens is 417 g/mol. The Balaban J connectivity index is 1.83. The fourth-order valence-electron chi connectivity index (χ4n) is 3.40. The Bertz CT molecular complexity index is 952. The maximum Gasteiger partial charge on any atom is 0.573 e. The highest BCUT2D eigenvalue weighted by Gasteiger charge is 2.35. The third-order valence-electron chi connectivity index (χ3n) is 4.90. The van der Waals surface area contributed by atoms with Crippen LogP contribution in [0.3, 0.4) is 0 Å². The predicted molar refractivity (Wildman–Crippen MR) is 102 cm³/mol. The van der Waals surface area contributed by atoms with E-state index in [1.54, 1.807) is 4.90 Å². The zero-order valence-electron chi connectivity index (χ0n) is 16.7. The van der Waals surface area contributed by atoms with E-state index in [1.165, 1.54) is 31.2 Å². The van der Waals surface area contributed by atoms with Crippen molar-refractivity contribution in [2.75, 3.05) is 13.1 Å². The molecule has 1 unspecified atom stereocenters. The highest BCUT2D eigenvalue weighted by Crippen LogP contribution is 2.33. The van der Waals surface area contributed by atoms with Crippen LogP contribution >= 0.6 is 0 Å². The van der Waals surface area contributed by atoms with E-state index in [4.69, 9.17) is 4.52 Å². The lowest BCUT2D eigenvalue weighted by Gasteiger charge is -2.31. The molecule has 1 atom stereocenters. The van der Waals surface area contributed by atoms with Crippen LogP contribution in [-0.4, -0.2) is 46.3 Å². The minimum atomic E-state index is -4.91. The van der Waals surface area contributed by atoms with Crippen LogP contribution in [0, 0.1) is 12.8 Å². The molecule has 1 N–H and O–H groups in total. The molecule has 0 bridgehead atoms. The zero-order chi connectivity index (χ0) is 22.6. The topological polar surface area (TPSA) is 97.6 Å². The number of nitrogens with one attached hydrogen (secondary N) is 1. The molecule has 0 spiro atoms. The molecule has 1 aliphatic rings. The summed E-state index contributed by atoms with van der Waals surface area (Å²) in [7, 11) is 0. The lowest BCUT2D eigenvalue weighted by molar-refractivity contribution is -0.275. The summed E-state index contributed by atoms with van der Waals surface area (Å²) in [6, 6.07) is 4.33. The van der Waals surface area contributed by atoms with Gasteiger partial charge in [0.2, 0.25) is 17.7 Å². The van der Waals surface area contributed by atoms with Gasteiger partial charge in [-0.25, -0.2) is 0 Å². The predicted octanol–water partition coefficient (Wildman–Crippen LogP) is 2.91. The van der Waals surface area contributed by atoms with Gasteiger partial charge in [0.25, 0.3) is 0 Å². The number of ether oxygens (including phenoxy) is 1. The largest absolute Gasteiger partial charge is 0.573 e. The van der Waals surface area contributed by atoms with Gasteiger partial charge in [0.15, 0.2) is 5.82 Å². The highest BCUT2D eigenvalue weighted by molar-refractivity contribution is 5.87. The van der Waals surface area contributed by atoms with E-state index >= 15 is 0 Å². The SMILES string of the molecule is C=CC(=O)N1CCC(C(=O)NC(c2noc(C)n2)c2ccccc2OC(F)(F)F)CC1. The van der Waals surface area contributed by atoms with Crippen molar-refractivity contribution in [3.05, 3.63) is 54.2 Å². The van der Waals surface area contributed by atoms with Crippen LogP contribution in [-0.2, 0) is 9.59 Å². The van der Waals surface area contributed by atoms with Crippen molar-refractivity contribution in [3.8, 4) is 5.75 Å². The number of hydrogen-bond acceptors (Lipinski definition) is 6. The molecule has 1 saturated heterocycles. The number of rotatable bonds is 6. The van der Waals surface area contributed by atoms with Gasteiger partial charge in [-0.1, -0.05) is 29.9 Å². The summed E-state index contributed by atoms with van der Waals surface area (Å²) in [5.41, 5.74) is 0.0354. The molecule has 2 amide bonds. The van der Waals surface area contributed by atoms with Crippen molar-refractivity contribution in [3.63, 3.8) is 0 Å². The molecule has 2 heterocycles. The average Bonchev–Trinajstić information content (AvgIpc) is 3.17. The van der Waals surface area contributed by atoms with E-state index in [-0.39, 0.29) is 29.1 Å². The quantitative estimate of drug-likeness (QED) is 0.697. The number of hydrogen-bond donors (Lipinski definition) is 1. The van der Waals surface area contributed by atoms with Crippen LogP contribution < -0.4 is 10.1 Å². The highest BCUT2D eigenvalue weighted by atomic mass is 19.4. The van der Waals surface area contributed by atoms with Gasteiger partial charge in [-0.3, -0.25) is 9.59 Å². The van der Waals surface area contributed by atoms with Crippen molar-refractivity contribution in [1.29, 1.82) is 0 Å². The smallest absolute Gasteiger partial charge is 0.405 e. The summed E-state index contributed by atoms with van der Waals surface area (Å²) >= 11 is 0. The monoisotopic (exact) mass is 438 g/mol. The number of alkyl halides is 3. The summed E-state index contributed by atoms with van der Waals surface area (Å²) < 4.78 is 47.7. The summed E-state index contributed by atoms with van der Waals surface area (Å²) in [6.45, 7) is 5.73.